The molecule has 0 saturated carbocycles. The first-order chi connectivity index (χ1) is 13.1. The molecule has 0 bridgehead atoms. The van der Waals surface area contributed by atoms with Crippen molar-refractivity contribution in [3.05, 3.63) is 22.4 Å². The van der Waals surface area contributed by atoms with Crippen LogP contribution in [0.2, 0.25) is 0 Å². The average molecular weight is 459 g/mol. The number of halogens is 2. The zero-order valence-corrected chi connectivity index (χ0v) is 17.9. The summed E-state index contributed by atoms with van der Waals surface area (Å²) in [6.45, 7) is 5.98. The van der Waals surface area contributed by atoms with Crippen LogP contribution < -0.4 is 9.64 Å². The quantitative estimate of drug-likeness (QED) is 0.679. The topological polar surface area (TPSA) is 68.3 Å². The Kier molecular flexibility index (Phi) is 5.86. The zero-order valence-electron chi connectivity index (χ0n) is 16.3. The summed E-state index contributed by atoms with van der Waals surface area (Å²) in [6, 6.07) is 2.45. The van der Waals surface area contributed by atoms with Gasteiger partial charge in [0.2, 0.25) is 0 Å². The molecule has 7 nitrogen and oxygen atoms in total. The predicted octanol–water partition coefficient (Wildman–Crippen LogP) is 3.34. The number of morpholine rings is 1. The Morgan fingerprint density at radius 2 is 2.07 bits per heavy atom. The highest BCUT2D eigenvalue weighted by Gasteiger charge is 2.43. The number of benzene rings is 1. The van der Waals surface area contributed by atoms with E-state index in [-0.39, 0.29) is 23.0 Å². The molecule has 0 aliphatic carbocycles. The smallest absolute Gasteiger partial charge is 0.410 e. The highest BCUT2D eigenvalue weighted by atomic mass is 79.9. The van der Waals surface area contributed by atoms with E-state index in [0.717, 1.165) is 0 Å². The minimum atomic E-state index is -0.592. The summed E-state index contributed by atoms with van der Waals surface area (Å²) in [6.07, 6.45) is -0.322. The van der Waals surface area contributed by atoms with Crippen molar-refractivity contribution in [2.75, 3.05) is 31.7 Å². The van der Waals surface area contributed by atoms with E-state index in [1.54, 1.807) is 4.90 Å². The normalized spacial score (nSPS) is 22.7. The number of carbonyl (C=O) groups excluding carboxylic acids is 2. The summed E-state index contributed by atoms with van der Waals surface area (Å²) in [4.78, 5) is 28.1. The van der Waals surface area contributed by atoms with E-state index in [9.17, 15) is 14.0 Å². The Hall–Kier alpha value is -1.87. The van der Waals surface area contributed by atoms with Gasteiger partial charge >= 0.3 is 6.09 Å². The molecule has 2 aliphatic heterocycles. The number of fused-ring (bicyclic) bond motifs is 1. The minimum Gasteiger partial charge on any atom is -0.495 e. The summed E-state index contributed by atoms with van der Waals surface area (Å²) < 4.78 is 30.9. The van der Waals surface area contributed by atoms with Crippen LogP contribution in [0.3, 0.4) is 0 Å². The third-order valence-corrected chi connectivity index (χ3v) is 5.29. The molecule has 154 valence electrons. The predicted molar refractivity (Wildman–Crippen MR) is 104 cm³/mol. The SMILES string of the molecule is COc1cc(Br)c(F)cc1N1C(=O)CO[C@@H]2CN(C(=O)OC(C)(C)C)CC[C@H]21. The average Bonchev–Trinajstić information content (AvgIpc) is 2.62. The van der Waals surface area contributed by atoms with Gasteiger partial charge in [0.25, 0.3) is 5.91 Å². The first kappa shape index (κ1) is 20.9. The molecule has 0 aromatic heterocycles. The first-order valence-corrected chi connectivity index (χ1v) is 9.84. The number of nitrogens with zero attached hydrogens (tertiary/aromatic N) is 2. The molecular weight excluding hydrogens is 435 g/mol. The molecule has 2 atom stereocenters. The van der Waals surface area contributed by atoms with E-state index in [1.807, 2.05) is 20.8 Å². The van der Waals surface area contributed by atoms with Crippen molar-refractivity contribution in [1.82, 2.24) is 4.90 Å². The molecule has 0 unspecified atom stereocenters. The van der Waals surface area contributed by atoms with Gasteiger partial charge in [0, 0.05) is 12.6 Å². The monoisotopic (exact) mass is 458 g/mol. The maximum absolute atomic E-state index is 14.2. The maximum atomic E-state index is 14.2. The Morgan fingerprint density at radius 1 is 1.36 bits per heavy atom. The molecule has 2 aliphatic rings. The van der Waals surface area contributed by atoms with Crippen LogP contribution in [-0.4, -0.2) is 61.5 Å². The number of hydrogen-bond donors (Lipinski definition) is 0. The maximum Gasteiger partial charge on any atom is 0.410 e. The highest BCUT2D eigenvalue weighted by Crippen LogP contribution is 2.38. The van der Waals surface area contributed by atoms with E-state index >= 15 is 0 Å². The van der Waals surface area contributed by atoms with Gasteiger partial charge < -0.3 is 24.0 Å². The minimum absolute atomic E-state index is 0.149. The van der Waals surface area contributed by atoms with Crippen LogP contribution in [0.1, 0.15) is 27.2 Å². The lowest BCUT2D eigenvalue weighted by Gasteiger charge is -2.46. The Labute approximate surface area is 171 Å². The summed E-state index contributed by atoms with van der Waals surface area (Å²) in [5.41, 5.74) is -0.233. The molecule has 2 saturated heterocycles. The molecule has 3 rings (SSSR count). The van der Waals surface area contributed by atoms with E-state index in [4.69, 9.17) is 14.2 Å². The molecule has 1 aromatic rings. The second-order valence-electron chi connectivity index (χ2n) is 7.83. The van der Waals surface area contributed by atoms with Crippen molar-refractivity contribution in [2.24, 2.45) is 0 Å². The van der Waals surface area contributed by atoms with Gasteiger partial charge in [-0.05, 0) is 49.2 Å². The van der Waals surface area contributed by atoms with Crippen LogP contribution in [0.5, 0.6) is 5.75 Å². The van der Waals surface area contributed by atoms with Gasteiger partial charge in [-0.2, -0.15) is 0 Å². The van der Waals surface area contributed by atoms with E-state index in [2.05, 4.69) is 15.9 Å². The van der Waals surface area contributed by atoms with Gasteiger partial charge in [0.1, 0.15) is 23.8 Å². The van der Waals surface area contributed by atoms with Crippen LogP contribution in [0.25, 0.3) is 0 Å². The summed E-state index contributed by atoms with van der Waals surface area (Å²) >= 11 is 3.14. The summed E-state index contributed by atoms with van der Waals surface area (Å²) in [7, 11) is 1.47. The van der Waals surface area contributed by atoms with Crippen LogP contribution in [-0.2, 0) is 14.3 Å². The van der Waals surface area contributed by atoms with Crippen molar-refractivity contribution < 1.29 is 28.2 Å². The Bertz CT molecular complexity index is 782. The Balaban J connectivity index is 1.84. The number of amides is 2. The second kappa shape index (κ2) is 7.87. The van der Waals surface area contributed by atoms with Crippen molar-refractivity contribution in [3.63, 3.8) is 0 Å². The van der Waals surface area contributed by atoms with Crippen LogP contribution in [0, 0.1) is 5.82 Å². The molecule has 28 heavy (non-hydrogen) atoms. The number of methoxy groups -OCH3 is 1. The van der Waals surface area contributed by atoms with Crippen molar-refractivity contribution >= 4 is 33.6 Å². The van der Waals surface area contributed by atoms with Crippen molar-refractivity contribution in [2.45, 2.75) is 44.9 Å². The first-order valence-electron chi connectivity index (χ1n) is 9.05. The number of anilines is 1. The van der Waals surface area contributed by atoms with Crippen molar-refractivity contribution in [3.8, 4) is 5.75 Å². The standard InChI is InChI=1S/C19H24BrFN2O5/c1-19(2,3)28-18(25)22-6-5-13-16(9-22)27-10-17(24)23(13)14-8-12(21)11(20)7-15(14)26-4/h7-8,13,16H,5-6,9-10H2,1-4H3/t13-,16-/m1/s1. The Morgan fingerprint density at radius 3 is 2.71 bits per heavy atom. The number of likely N-dealkylation sites (tertiary alicyclic amines) is 1. The molecule has 0 spiro atoms. The molecule has 2 heterocycles. The van der Waals surface area contributed by atoms with E-state index < -0.39 is 23.6 Å². The fourth-order valence-electron chi connectivity index (χ4n) is 3.47. The fourth-order valence-corrected chi connectivity index (χ4v) is 3.79. The lowest BCUT2D eigenvalue weighted by Crippen LogP contribution is -2.62. The number of carbonyl (C=O) groups is 2. The zero-order chi connectivity index (χ0) is 20.6. The van der Waals surface area contributed by atoms with Gasteiger partial charge in [-0.1, -0.05) is 0 Å². The third kappa shape index (κ3) is 4.25. The molecule has 0 radical (unpaired) electrons. The molecule has 0 N–H and O–H groups in total. The van der Waals surface area contributed by atoms with Crippen LogP contribution >= 0.6 is 15.9 Å². The van der Waals surface area contributed by atoms with Crippen LogP contribution in [0.4, 0.5) is 14.9 Å². The third-order valence-electron chi connectivity index (χ3n) is 4.68. The van der Waals surface area contributed by atoms with E-state index in [1.165, 1.54) is 24.1 Å². The number of ether oxygens (including phenoxy) is 3. The second-order valence-corrected chi connectivity index (χ2v) is 8.69. The number of rotatable bonds is 2. The van der Waals surface area contributed by atoms with Gasteiger partial charge in [0.05, 0.1) is 36.0 Å². The van der Waals surface area contributed by atoms with Gasteiger partial charge in [-0.25, -0.2) is 9.18 Å². The number of piperidine rings is 1. The van der Waals surface area contributed by atoms with Gasteiger partial charge in [-0.15, -0.1) is 0 Å². The largest absolute Gasteiger partial charge is 0.495 e. The van der Waals surface area contributed by atoms with E-state index in [0.29, 0.717) is 30.9 Å². The van der Waals surface area contributed by atoms with Gasteiger partial charge in [0.15, 0.2) is 0 Å². The fraction of sp³-hybridized carbons (Fsp3) is 0.579. The van der Waals surface area contributed by atoms with Crippen LogP contribution in [0.15, 0.2) is 16.6 Å². The molecule has 9 heteroatoms. The summed E-state index contributed by atoms with van der Waals surface area (Å²) in [5, 5.41) is 0. The van der Waals surface area contributed by atoms with Gasteiger partial charge in [-0.3, -0.25) is 4.79 Å². The molecule has 2 amide bonds. The molecule has 2 fully saturated rings. The summed E-state index contributed by atoms with van der Waals surface area (Å²) in [5.74, 6) is -0.373. The molecular formula is C19H24BrFN2O5. The van der Waals surface area contributed by atoms with Crippen molar-refractivity contribution in [1.29, 1.82) is 0 Å². The lowest BCUT2D eigenvalue weighted by atomic mass is 9.97. The number of hydrogen-bond acceptors (Lipinski definition) is 5. The molecule has 1 aromatic carbocycles. The highest BCUT2D eigenvalue weighted by molar-refractivity contribution is 9.10. The lowest BCUT2D eigenvalue weighted by molar-refractivity contribution is -0.135.